The van der Waals surface area contributed by atoms with Crippen LogP contribution in [0.1, 0.15) is 12.5 Å². The maximum atomic E-state index is 12.4. The molecule has 2 aromatic carbocycles. The number of furan rings is 1. The van der Waals surface area contributed by atoms with E-state index in [4.69, 9.17) is 18.6 Å². The zero-order valence-corrected chi connectivity index (χ0v) is 15.6. The van der Waals surface area contributed by atoms with Crippen molar-refractivity contribution in [2.45, 2.75) is 19.4 Å². The van der Waals surface area contributed by atoms with Crippen LogP contribution in [-0.2, 0) is 20.7 Å². The molecule has 0 spiro atoms. The topological polar surface area (TPSA) is 107 Å². The van der Waals surface area contributed by atoms with Crippen molar-refractivity contribution in [1.29, 1.82) is 0 Å². The van der Waals surface area contributed by atoms with Crippen molar-refractivity contribution < 1.29 is 33.3 Å². The minimum Gasteiger partial charge on any atom is -0.508 e. The monoisotopic (exact) mass is 397 g/mol. The number of carbonyl (C=O) groups excluding carboxylic acids is 2. The maximum absolute atomic E-state index is 12.4. The molecule has 3 aromatic rings. The van der Waals surface area contributed by atoms with E-state index in [-0.39, 0.29) is 12.2 Å². The lowest BCUT2D eigenvalue weighted by Gasteiger charge is -2.19. The molecule has 8 nitrogen and oxygen atoms in total. The Labute approximate surface area is 166 Å². The molecule has 0 radical (unpaired) electrons. The lowest BCUT2D eigenvalue weighted by Crippen LogP contribution is -2.30. The molecule has 0 bridgehead atoms. The van der Waals surface area contributed by atoms with Crippen LogP contribution in [0.2, 0.25) is 0 Å². The van der Waals surface area contributed by atoms with E-state index >= 15 is 0 Å². The van der Waals surface area contributed by atoms with Gasteiger partial charge >= 0.3 is 5.97 Å². The summed E-state index contributed by atoms with van der Waals surface area (Å²) in [6.07, 6.45) is 0.392. The number of fused-ring (bicyclic) bond motifs is 2. The molecule has 0 saturated carbocycles. The van der Waals surface area contributed by atoms with Gasteiger partial charge in [-0.15, -0.1) is 0 Å². The van der Waals surface area contributed by atoms with Crippen molar-refractivity contribution in [3.05, 3.63) is 48.2 Å². The Balaban J connectivity index is 1.36. The molecule has 2 N–H and O–H groups in total. The highest BCUT2D eigenvalue weighted by Gasteiger charge is 2.20. The van der Waals surface area contributed by atoms with Crippen LogP contribution in [0.25, 0.3) is 11.0 Å². The fraction of sp³-hybridized carbons (Fsp3) is 0.238. The molecular formula is C21H19NO7. The van der Waals surface area contributed by atoms with Crippen molar-refractivity contribution >= 4 is 28.5 Å². The third kappa shape index (κ3) is 4.11. The first kappa shape index (κ1) is 18.7. The van der Waals surface area contributed by atoms with E-state index in [1.165, 1.54) is 25.3 Å². The van der Waals surface area contributed by atoms with E-state index in [9.17, 15) is 14.7 Å². The largest absolute Gasteiger partial charge is 0.508 e. The van der Waals surface area contributed by atoms with Gasteiger partial charge in [0.2, 0.25) is 0 Å². The average molecular weight is 397 g/mol. The lowest BCUT2D eigenvalue weighted by atomic mass is 10.1. The number of amides is 1. The van der Waals surface area contributed by atoms with Gasteiger partial charge in [0.15, 0.2) is 17.6 Å². The van der Waals surface area contributed by atoms with Crippen LogP contribution < -0.4 is 14.8 Å². The summed E-state index contributed by atoms with van der Waals surface area (Å²) >= 11 is 0. The second-order valence-corrected chi connectivity index (χ2v) is 6.60. The standard InChI is InChI=1S/C21H19NO7/c1-12(21(25)22-14-2-5-17-19(9-14)27-7-6-26-17)29-20(24)8-13-11-28-18-10-15(23)3-4-16(13)18/h2-5,9-12,23H,6-8H2,1H3,(H,22,25)/t12-/m0/s1. The van der Waals surface area contributed by atoms with Gasteiger partial charge in [-0.2, -0.15) is 0 Å². The summed E-state index contributed by atoms with van der Waals surface area (Å²) in [5.74, 6) is 0.221. The van der Waals surface area contributed by atoms with E-state index in [1.54, 1.807) is 24.3 Å². The second kappa shape index (κ2) is 7.75. The maximum Gasteiger partial charge on any atom is 0.311 e. The molecular weight excluding hydrogens is 378 g/mol. The molecule has 29 heavy (non-hydrogen) atoms. The molecule has 4 rings (SSSR count). The molecule has 1 aromatic heterocycles. The Morgan fingerprint density at radius 2 is 1.93 bits per heavy atom. The number of anilines is 1. The SMILES string of the molecule is C[C@H](OC(=O)Cc1coc2cc(O)ccc12)C(=O)Nc1ccc2c(c1)OCCO2. The number of phenolic OH excluding ortho intramolecular Hbond substituents is 1. The number of aromatic hydroxyl groups is 1. The van der Waals surface area contributed by atoms with Crippen LogP contribution in [-0.4, -0.2) is 36.3 Å². The van der Waals surface area contributed by atoms with Crippen LogP contribution in [0.4, 0.5) is 5.69 Å². The third-order valence-corrected chi connectivity index (χ3v) is 4.46. The third-order valence-electron chi connectivity index (χ3n) is 4.46. The van der Waals surface area contributed by atoms with E-state index in [0.717, 1.165) is 0 Å². The molecule has 2 heterocycles. The molecule has 1 aliphatic heterocycles. The van der Waals surface area contributed by atoms with Crippen molar-refractivity contribution in [2.75, 3.05) is 18.5 Å². The van der Waals surface area contributed by atoms with E-state index in [2.05, 4.69) is 5.32 Å². The van der Waals surface area contributed by atoms with Gasteiger partial charge in [0.05, 0.1) is 12.7 Å². The first-order chi connectivity index (χ1) is 14.0. The van der Waals surface area contributed by atoms with E-state index in [1.807, 2.05) is 0 Å². The first-order valence-corrected chi connectivity index (χ1v) is 9.08. The summed E-state index contributed by atoms with van der Waals surface area (Å²) in [6, 6.07) is 9.70. The molecule has 150 valence electrons. The first-order valence-electron chi connectivity index (χ1n) is 9.08. The van der Waals surface area contributed by atoms with Gasteiger partial charge in [-0.1, -0.05) is 0 Å². The number of esters is 1. The minimum atomic E-state index is -0.988. The number of rotatable bonds is 5. The minimum absolute atomic E-state index is 0.0561. The number of hydrogen-bond acceptors (Lipinski definition) is 7. The summed E-state index contributed by atoms with van der Waals surface area (Å²) in [5, 5.41) is 12.9. The summed E-state index contributed by atoms with van der Waals surface area (Å²) in [6.45, 7) is 2.43. The van der Waals surface area contributed by atoms with E-state index in [0.29, 0.717) is 46.9 Å². The fourth-order valence-corrected chi connectivity index (χ4v) is 3.02. The molecule has 1 atom stereocenters. The second-order valence-electron chi connectivity index (χ2n) is 6.60. The molecule has 1 amide bonds. The predicted molar refractivity (Wildman–Crippen MR) is 103 cm³/mol. The van der Waals surface area contributed by atoms with Crippen molar-refractivity contribution in [3.63, 3.8) is 0 Å². The summed E-state index contributed by atoms with van der Waals surface area (Å²) < 4.78 is 21.5. The summed E-state index contributed by atoms with van der Waals surface area (Å²) in [5.41, 5.74) is 1.60. The number of carbonyl (C=O) groups is 2. The molecule has 0 unspecified atom stereocenters. The zero-order valence-electron chi connectivity index (χ0n) is 15.6. The smallest absolute Gasteiger partial charge is 0.311 e. The Morgan fingerprint density at radius 1 is 1.14 bits per heavy atom. The summed E-state index contributed by atoms with van der Waals surface area (Å²) in [4.78, 5) is 24.6. The lowest BCUT2D eigenvalue weighted by molar-refractivity contribution is -0.152. The van der Waals surface area contributed by atoms with Crippen LogP contribution in [0.5, 0.6) is 17.2 Å². The van der Waals surface area contributed by atoms with Gasteiger partial charge in [0, 0.05) is 28.8 Å². The quantitative estimate of drug-likeness (QED) is 0.637. The van der Waals surface area contributed by atoms with Gasteiger partial charge < -0.3 is 29.1 Å². The highest BCUT2D eigenvalue weighted by molar-refractivity contribution is 5.95. The highest BCUT2D eigenvalue weighted by Crippen LogP contribution is 2.32. The Hall–Kier alpha value is -3.68. The molecule has 1 aliphatic rings. The zero-order chi connectivity index (χ0) is 20.4. The van der Waals surface area contributed by atoms with Gasteiger partial charge in [-0.05, 0) is 31.2 Å². The van der Waals surface area contributed by atoms with Crippen LogP contribution in [0, 0.1) is 0 Å². The molecule has 0 fully saturated rings. The average Bonchev–Trinajstić information content (AvgIpc) is 3.09. The predicted octanol–water partition coefficient (Wildman–Crippen LogP) is 3.02. The highest BCUT2D eigenvalue weighted by atomic mass is 16.6. The van der Waals surface area contributed by atoms with Crippen LogP contribution in [0.3, 0.4) is 0 Å². The Morgan fingerprint density at radius 3 is 2.76 bits per heavy atom. The van der Waals surface area contributed by atoms with Gasteiger partial charge in [0.1, 0.15) is 24.5 Å². The van der Waals surface area contributed by atoms with Crippen molar-refractivity contribution in [2.24, 2.45) is 0 Å². The van der Waals surface area contributed by atoms with Crippen LogP contribution >= 0.6 is 0 Å². The van der Waals surface area contributed by atoms with Gasteiger partial charge in [0.25, 0.3) is 5.91 Å². The normalized spacial score (nSPS) is 13.7. The number of hydrogen-bond donors (Lipinski definition) is 2. The summed E-state index contributed by atoms with van der Waals surface area (Å²) in [7, 11) is 0. The Kier molecular flexibility index (Phi) is 4.99. The van der Waals surface area contributed by atoms with Gasteiger partial charge in [-0.3, -0.25) is 9.59 Å². The number of phenols is 1. The Bertz CT molecular complexity index is 1070. The fourth-order valence-electron chi connectivity index (χ4n) is 3.02. The molecule has 0 aliphatic carbocycles. The van der Waals surface area contributed by atoms with Gasteiger partial charge in [-0.25, -0.2) is 0 Å². The number of ether oxygens (including phenoxy) is 3. The van der Waals surface area contributed by atoms with Crippen molar-refractivity contribution in [3.8, 4) is 17.2 Å². The van der Waals surface area contributed by atoms with Crippen molar-refractivity contribution in [1.82, 2.24) is 0 Å². The molecule has 8 heteroatoms. The van der Waals surface area contributed by atoms with Crippen LogP contribution in [0.15, 0.2) is 47.1 Å². The van der Waals surface area contributed by atoms with E-state index < -0.39 is 18.0 Å². The number of nitrogens with one attached hydrogen (secondary N) is 1. The molecule has 0 saturated heterocycles. The number of benzene rings is 2.